The lowest BCUT2D eigenvalue weighted by molar-refractivity contribution is -0.389. The van der Waals surface area contributed by atoms with E-state index in [-0.39, 0.29) is 30.4 Å². The van der Waals surface area contributed by atoms with E-state index in [0.29, 0.717) is 11.4 Å². The molecular formula is C20H22N6O5. The first-order chi connectivity index (χ1) is 14.8. The molecule has 0 aliphatic carbocycles. The molecule has 0 saturated carbocycles. The number of carbonyl (C=O) groups is 2. The molecule has 2 heterocycles. The number of nitrogens with one attached hydrogen (secondary N) is 1. The summed E-state index contributed by atoms with van der Waals surface area (Å²) in [5, 5.41) is 21.8. The van der Waals surface area contributed by atoms with Crippen LogP contribution in [-0.4, -0.2) is 43.0 Å². The Hall–Kier alpha value is -4.02. The van der Waals surface area contributed by atoms with E-state index >= 15 is 0 Å². The van der Waals surface area contributed by atoms with Gasteiger partial charge < -0.3 is 20.2 Å². The number of rotatable bonds is 8. The molecule has 3 aromatic rings. The minimum atomic E-state index is -0.605. The highest BCUT2D eigenvalue weighted by Crippen LogP contribution is 2.22. The number of anilines is 1. The van der Waals surface area contributed by atoms with Crippen LogP contribution in [0.15, 0.2) is 42.6 Å². The highest BCUT2D eigenvalue weighted by atomic mass is 16.6. The second kappa shape index (κ2) is 9.20. The molecule has 0 radical (unpaired) electrons. The van der Waals surface area contributed by atoms with Crippen molar-refractivity contribution >= 4 is 23.5 Å². The average Bonchev–Trinajstić information content (AvgIpc) is 3.32. The molecule has 0 saturated heterocycles. The Kier molecular flexibility index (Phi) is 6.43. The number of esters is 1. The molecule has 0 aliphatic heterocycles. The zero-order valence-corrected chi connectivity index (χ0v) is 17.3. The Bertz CT molecular complexity index is 1100. The molecule has 0 aliphatic rings. The van der Waals surface area contributed by atoms with Crippen LogP contribution >= 0.6 is 0 Å². The maximum atomic E-state index is 12.9. The minimum Gasteiger partial charge on any atom is -0.462 e. The van der Waals surface area contributed by atoms with Crippen molar-refractivity contribution in [1.82, 2.24) is 19.6 Å². The van der Waals surface area contributed by atoms with E-state index in [9.17, 15) is 19.7 Å². The molecule has 1 aromatic carbocycles. The first kappa shape index (κ1) is 21.7. The van der Waals surface area contributed by atoms with Crippen LogP contribution in [0.1, 0.15) is 29.9 Å². The molecule has 0 spiro atoms. The van der Waals surface area contributed by atoms with E-state index in [0.717, 1.165) is 0 Å². The SMILES string of the molecule is CCOC(=O)c1cnn(-c2ccccc2)c1NC(=O)C(C)Cn1nc([N+](=O)[O-])cc1C. The molecule has 1 atom stereocenters. The van der Waals surface area contributed by atoms with Gasteiger partial charge in [0, 0.05) is 0 Å². The predicted molar refractivity (Wildman–Crippen MR) is 111 cm³/mol. The van der Waals surface area contributed by atoms with Gasteiger partial charge in [-0.3, -0.25) is 4.79 Å². The van der Waals surface area contributed by atoms with Gasteiger partial charge in [0.15, 0.2) is 5.82 Å². The number of hydrogen-bond acceptors (Lipinski definition) is 7. The van der Waals surface area contributed by atoms with Gasteiger partial charge in [0.25, 0.3) is 0 Å². The Balaban J connectivity index is 1.86. The van der Waals surface area contributed by atoms with E-state index in [4.69, 9.17) is 4.74 Å². The fourth-order valence-electron chi connectivity index (χ4n) is 2.94. The minimum absolute atomic E-state index is 0.122. The number of aryl methyl sites for hydroxylation is 1. The quantitative estimate of drug-likeness (QED) is 0.332. The van der Waals surface area contributed by atoms with Crippen molar-refractivity contribution in [3.8, 4) is 5.69 Å². The van der Waals surface area contributed by atoms with Crippen molar-refractivity contribution in [2.24, 2.45) is 5.92 Å². The van der Waals surface area contributed by atoms with Crippen molar-refractivity contribution in [1.29, 1.82) is 0 Å². The van der Waals surface area contributed by atoms with Crippen molar-refractivity contribution in [2.75, 3.05) is 11.9 Å². The van der Waals surface area contributed by atoms with Crippen LogP contribution in [0.5, 0.6) is 0 Å². The van der Waals surface area contributed by atoms with Gasteiger partial charge in [0.2, 0.25) is 5.91 Å². The highest BCUT2D eigenvalue weighted by Gasteiger charge is 2.25. The molecule has 11 nitrogen and oxygen atoms in total. The summed E-state index contributed by atoms with van der Waals surface area (Å²) in [6.07, 6.45) is 1.34. The number of nitrogens with zero attached hydrogens (tertiary/aromatic N) is 5. The van der Waals surface area contributed by atoms with Crippen molar-refractivity contribution in [3.05, 3.63) is 64.0 Å². The highest BCUT2D eigenvalue weighted by molar-refractivity contribution is 6.01. The Morgan fingerprint density at radius 2 is 2.00 bits per heavy atom. The largest absolute Gasteiger partial charge is 0.462 e. The first-order valence-corrected chi connectivity index (χ1v) is 9.62. The first-order valence-electron chi connectivity index (χ1n) is 9.62. The fraction of sp³-hybridized carbons (Fsp3) is 0.300. The second-order valence-electron chi connectivity index (χ2n) is 6.85. The third-order valence-electron chi connectivity index (χ3n) is 4.56. The van der Waals surface area contributed by atoms with Gasteiger partial charge in [0.1, 0.15) is 5.56 Å². The number of benzene rings is 1. The number of amides is 1. The smallest absolute Gasteiger partial charge is 0.390 e. The monoisotopic (exact) mass is 426 g/mol. The lowest BCUT2D eigenvalue weighted by Crippen LogP contribution is -2.27. The van der Waals surface area contributed by atoms with Gasteiger partial charge in [0.05, 0.1) is 47.8 Å². The fourth-order valence-corrected chi connectivity index (χ4v) is 2.94. The Morgan fingerprint density at radius 3 is 2.61 bits per heavy atom. The van der Waals surface area contributed by atoms with Crippen LogP contribution in [0.25, 0.3) is 5.69 Å². The maximum absolute atomic E-state index is 12.9. The summed E-state index contributed by atoms with van der Waals surface area (Å²) in [4.78, 5) is 35.6. The van der Waals surface area contributed by atoms with Crippen LogP contribution in [0.2, 0.25) is 0 Å². The normalized spacial score (nSPS) is 11.7. The van der Waals surface area contributed by atoms with Gasteiger partial charge >= 0.3 is 11.8 Å². The molecule has 162 valence electrons. The average molecular weight is 426 g/mol. The van der Waals surface area contributed by atoms with Crippen molar-refractivity contribution in [2.45, 2.75) is 27.3 Å². The van der Waals surface area contributed by atoms with Crippen molar-refractivity contribution < 1.29 is 19.2 Å². The summed E-state index contributed by atoms with van der Waals surface area (Å²) in [7, 11) is 0. The van der Waals surface area contributed by atoms with E-state index in [2.05, 4.69) is 15.5 Å². The van der Waals surface area contributed by atoms with Crippen LogP contribution in [0.3, 0.4) is 0 Å². The van der Waals surface area contributed by atoms with Crippen LogP contribution in [0, 0.1) is 23.0 Å². The molecule has 1 amide bonds. The lowest BCUT2D eigenvalue weighted by atomic mass is 10.1. The van der Waals surface area contributed by atoms with Crippen LogP contribution in [0.4, 0.5) is 11.6 Å². The predicted octanol–water partition coefficient (Wildman–Crippen LogP) is 2.74. The van der Waals surface area contributed by atoms with E-state index in [1.165, 1.54) is 21.6 Å². The van der Waals surface area contributed by atoms with Gasteiger partial charge in [-0.1, -0.05) is 25.1 Å². The van der Waals surface area contributed by atoms with Crippen LogP contribution < -0.4 is 5.32 Å². The van der Waals surface area contributed by atoms with Crippen LogP contribution in [-0.2, 0) is 16.1 Å². The Labute approximate surface area is 177 Å². The zero-order valence-electron chi connectivity index (χ0n) is 17.3. The summed E-state index contributed by atoms with van der Waals surface area (Å²) >= 11 is 0. The topological polar surface area (TPSA) is 134 Å². The summed E-state index contributed by atoms with van der Waals surface area (Å²) in [6.45, 7) is 5.32. The van der Waals surface area contributed by atoms with Gasteiger partial charge in [-0.05, 0) is 30.9 Å². The molecule has 3 rings (SSSR count). The molecule has 1 N–H and O–H groups in total. The number of hydrogen-bond donors (Lipinski definition) is 1. The van der Waals surface area contributed by atoms with Gasteiger partial charge in [-0.25, -0.2) is 9.48 Å². The number of para-hydroxylation sites is 1. The molecular weight excluding hydrogens is 404 g/mol. The Morgan fingerprint density at radius 1 is 1.29 bits per heavy atom. The van der Waals surface area contributed by atoms with E-state index in [1.807, 2.05) is 18.2 Å². The second-order valence-corrected chi connectivity index (χ2v) is 6.85. The third-order valence-corrected chi connectivity index (χ3v) is 4.56. The summed E-state index contributed by atoms with van der Waals surface area (Å²) in [6, 6.07) is 10.4. The standard InChI is InChI=1S/C20H22N6O5/c1-4-31-20(28)16-11-21-25(15-8-6-5-7-9-15)18(16)22-19(27)13(2)12-24-14(3)10-17(23-24)26(29)30/h5-11,13H,4,12H2,1-3H3,(H,22,27). The zero-order chi connectivity index (χ0) is 22.5. The number of nitro groups is 1. The molecule has 11 heteroatoms. The summed E-state index contributed by atoms with van der Waals surface area (Å²) in [5.41, 5.74) is 1.34. The molecule has 31 heavy (non-hydrogen) atoms. The number of aromatic nitrogens is 4. The van der Waals surface area contributed by atoms with E-state index < -0.39 is 22.7 Å². The third kappa shape index (κ3) is 4.77. The molecule has 2 aromatic heterocycles. The molecule has 0 bridgehead atoms. The molecule has 1 unspecified atom stereocenters. The number of ether oxygens (including phenoxy) is 1. The van der Waals surface area contributed by atoms with Gasteiger partial charge in [-0.15, -0.1) is 0 Å². The van der Waals surface area contributed by atoms with Crippen molar-refractivity contribution in [3.63, 3.8) is 0 Å². The maximum Gasteiger partial charge on any atom is 0.390 e. The summed E-state index contributed by atoms with van der Waals surface area (Å²) < 4.78 is 7.93. The van der Waals surface area contributed by atoms with Gasteiger partial charge in [-0.2, -0.15) is 9.78 Å². The molecule has 0 fully saturated rings. The summed E-state index contributed by atoms with van der Waals surface area (Å²) in [5.74, 6) is -1.71. The number of carbonyl (C=O) groups excluding carboxylic acids is 2. The lowest BCUT2D eigenvalue weighted by Gasteiger charge is -2.14. The van der Waals surface area contributed by atoms with E-state index in [1.54, 1.807) is 32.9 Å².